The summed E-state index contributed by atoms with van der Waals surface area (Å²) in [5, 5.41) is 0. The number of carbonyl (C=O) groups is 1. The van der Waals surface area contributed by atoms with Crippen LogP contribution >= 0.6 is 11.3 Å². The molecule has 3 nitrogen and oxygen atoms in total. The first-order chi connectivity index (χ1) is 11.7. The zero-order valence-electron chi connectivity index (χ0n) is 15.7. The van der Waals surface area contributed by atoms with E-state index < -0.39 is 0 Å². The zero-order chi connectivity index (χ0) is 18.2. The molecule has 2 N–H and O–H groups in total. The molecule has 134 valence electrons. The fraction of sp³-hybridized carbons (Fsp3) is 0.476. The van der Waals surface area contributed by atoms with Crippen molar-refractivity contribution in [1.82, 2.24) is 4.90 Å². The van der Waals surface area contributed by atoms with Crippen molar-refractivity contribution >= 4 is 17.2 Å². The van der Waals surface area contributed by atoms with Crippen LogP contribution < -0.4 is 5.73 Å². The predicted octanol–water partition coefficient (Wildman–Crippen LogP) is 4.37. The van der Waals surface area contributed by atoms with Crippen LogP contribution in [0.25, 0.3) is 0 Å². The van der Waals surface area contributed by atoms with Gasteiger partial charge in [-0.2, -0.15) is 0 Å². The van der Waals surface area contributed by atoms with Gasteiger partial charge in [0.05, 0.1) is 0 Å². The first-order valence-corrected chi connectivity index (χ1v) is 9.80. The highest BCUT2D eigenvalue weighted by Gasteiger charge is 2.29. The molecule has 0 saturated heterocycles. The summed E-state index contributed by atoms with van der Waals surface area (Å²) in [4.78, 5) is 17.3. The Hall–Kier alpha value is -1.65. The Morgan fingerprint density at radius 3 is 2.56 bits per heavy atom. The Balaban J connectivity index is 1.57. The summed E-state index contributed by atoms with van der Waals surface area (Å²) < 4.78 is 0. The highest BCUT2D eigenvalue weighted by Crippen LogP contribution is 2.27. The van der Waals surface area contributed by atoms with Crippen LogP contribution in [-0.2, 0) is 13.0 Å². The second-order valence-corrected chi connectivity index (χ2v) is 9.11. The highest BCUT2D eigenvalue weighted by atomic mass is 32.1. The van der Waals surface area contributed by atoms with E-state index in [4.69, 9.17) is 5.73 Å². The largest absolute Gasteiger partial charge is 0.334 e. The maximum atomic E-state index is 12.6. The molecule has 0 fully saturated rings. The molecule has 0 radical (unpaired) electrons. The molecule has 0 saturated carbocycles. The van der Waals surface area contributed by atoms with Crippen LogP contribution in [0, 0.1) is 20.8 Å². The number of hydrogen-bond donors (Lipinski definition) is 1. The first-order valence-electron chi connectivity index (χ1n) is 8.99. The molecule has 3 rings (SSSR count). The van der Waals surface area contributed by atoms with Crippen LogP contribution in [-0.4, -0.2) is 22.9 Å². The van der Waals surface area contributed by atoms with Gasteiger partial charge in [0.1, 0.15) is 0 Å². The predicted molar refractivity (Wildman–Crippen MR) is 105 cm³/mol. The second-order valence-electron chi connectivity index (χ2n) is 7.74. The summed E-state index contributed by atoms with van der Waals surface area (Å²) in [5.74, 6) is 0.155. The molecule has 0 spiro atoms. The van der Waals surface area contributed by atoms with Crippen molar-refractivity contribution in [3.63, 3.8) is 0 Å². The van der Waals surface area contributed by atoms with Crippen molar-refractivity contribution in [3.8, 4) is 0 Å². The Morgan fingerprint density at radius 1 is 1.16 bits per heavy atom. The van der Waals surface area contributed by atoms with E-state index in [1.807, 2.05) is 22.3 Å². The van der Waals surface area contributed by atoms with Gasteiger partial charge < -0.3 is 10.6 Å². The van der Waals surface area contributed by atoms with E-state index in [-0.39, 0.29) is 11.4 Å². The Labute approximate surface area is 154 Å². The van der Waals surface area contributed by atoms with Crippen molar-refractivity contribution in [2.75, 3.05) is 6.54 Å². The van der Waals surface area contributed by atoms with Crippen LogP contribution in [0.1, 0.15) is 56.6 Å². The molecule has 1 aromatic heterocycles. The highest BCUT2D eigenvalue weighted by molar-refractivity contribution is 7.11. The smallest absolute Gasteiger partial charge is 0.254 e. The fourth-order valence-electron chi connectivity index (χ4n) is 3.38. The molecule has 0 aliphatic carbocycles. The van der Waals surface area contributed by atoms with E-state index in [0.29, 0.717) is 0 Å². The lowest BCUT2D eigenvalue weighted by molar-refractivity contribution is 0.0766. The third-order valence-corrected chi connectivity index (χ3v) is 6.35. The van der Waals surface area contributed by atoms with Crippen molar-refractivity contribution in [3.05, 3.63) is 56.3 Å². The lowest BCUT2D eigenvalue weighted by Gasteiger charge is -2.27. The van der Waals surface area contributed by atoms with Gasteiger partial charge in [-0.05, 0) is 81.8 Å². The van der Waals surface area contributed by atoms with Crippen molar-refractivity contribution in [1.29, 1.82) is 0 Å². The van der Waals surface area contributed by atoms with Crippen LogP contribution in [0.2, 0.25) is 0 Å². The lowest BCUT2D eigenvalue weighted by atomic mass is 9.92. The van der Waals surface area contributed by atoms with Gasteiger partial charge in [-0.25, -0.2) is 0 Å². The van der Waals surface area contributed by atoms with E-state index >= 15 is 0 Å². The Morgan fingerprint density at radius 2 is 1.88 bits per heavy atom. The quantitative estimate of drug-likeness (QED) is 0.835. The molecule has 25 heavy (non-hydrogen) atoms. The van der Waals surface area contributed by atoms with Crippen molar-refractivity contribution < 1.29 is 4.79 Å². The van der Waals surface area contributed by atoms with Gasteiger partial charge >= 0.3 is 0 Å². The van der Waals surface area contributed by atoms with Gasteiger partial charge in [0, 0.05) is 33.9 Å². The van der Waals surface area contributed by atoms with Crippen LogP contribution in [0.15, 0.2) is 24.3 Å². The molecular weight excluding hydrogens is 328 g/mol. The summed E-state index contributed by atoms with van der Waals surface area (Å²) in [6.45, 7) is 9.85. The molecule has 1 amide bonds. The van der Waals surface area contributed by atoms with Gasteiger partial charge in [0.2, 0.25) is 0 Å². The third kappa shape index (κ3) is 4.13. The molecule has 2 heterocycles. The number of nitrogens with zero attached hydrogens (tertiary/aromatic N) is 1. The van der Waals surface area contributed by atoms with Crippen LogP contribution in [0.3, 0.4) is 0 Å². The maximum Gasteiger partial charge on any atom is 0.254 e. The maximum absolute atomic E-state index is 12.6. The molecule has 0 bridgehead atoms. The molecule has 1 aliphatic heterocycles. The number of hydrogen-bond acceptors (Lipinski definition) is 3. The average molecular weight is 357 g/mol. The van der Waals surface area contributed by atoms with Crippen LogP contribution in [0.4, 0.5) is 0 Å². The number of amides is 1. The molecule has 1 atom stereocenters. The summed E-state index contributed by atoms with van der Waals surface area (Å²) in [7, 11) is 0. The van der Waals surface area contributed by atoms with Gasteiger partial charge in [-0.15, -0.1) is 11.3 Å². The molecule has 1 aromatic carbocycles. The molecule has 1 unspecified atom stereocenters. The normalized spacial score (nSPS) is 16.2. The summed E-state index contributed by atoms with van der Waals surface area (Å²) in [6, 6.07) is 8.55. The van der Waals surface area contributed by atoms with Crippen molar-refractivity contribution in [2.45, 2.75) is 59.0 Å². The van der Waals surface area contributed by atoms with Gasteiger partial charge in [-0.1, -0.05) is 6.07 Å². The number of aryl methyl sites for hydroxylation is 4. The average Bonchev–Trinajstić information content (AvgIpc) is 3.09. The molecular formula is C21H28N2OS. The zero-order valence-corrected chi connectivity index (χ0v) is 16.5. The summed E-state index contributed by atoms with van der Waals surface area (Å²) >= 11 is 1.85. The number of carbonyl (C=O) groups excluding carboxylic acids is 1. The first kappa shape index (κ1) is 18.2. The third-order valence-electron chi connectivity index (χ3n) is 5.29. The minimum Gasteiger partial charge on any atom is -0.334 e. The lowest BCUT2D eigenvalue weighted by Crippen LogP contribution is -2.40. The Kier molecular flexibility index (Phi) is 5.03. The number of thiophene rings is 1. The van der Waals surface area contributed by atoms with E-state index in [1.165, 1.54) is 20.9 Å². The van der Waals surface area contributed by atoms with E-state index in [2.05, 4.69) is 45.9 Å². The second kappa shape index (κ2) is 6.93. The van der Waals surface area contributed by atoms with Gasteiger partial charge in [0.15, 0.2) is 0 Å². The number of nitrogens with two attached hydrogens (primary N) is 1. The molecule has 1 aliphatic rings. The minimum atomic E-state index is -0.251. The summed E-state index contributed by atoms with van der Waals surface area (Å²) in [6.07, 6.45) is 2.78. The number of rotatable bonds is 6. The van der Waals surface area contributed by atoms with E-state index in [9.17, 15) is 4.79 Å². The monoisotopic (exact) mass is 356 g/mol. The summed E-state index contributed by atoms with van der Waals surface area (Å²) in [5.41, 5.74) is 10.7. The standard InChI is InChI=1S/C21H28N2OS/c1-14-11-17-13-23(20(24)19(17)12-15(14)2)10-9-21(4,22)8-7-18-6-5-16(3)25-18/h5-6,11-12H,7-10,13,22H2,1-4H3. The fourth-order valence-corrected chi connectivity index (χ4v) is 4.27. The molecule has 2 aromatic rings. The Bertz CT molecular complexity index is 791. The topological polar surface area (TPSA) is 46.3 Å². The molecule has 4 heteroatoms. The van der Waals surface area contributed by atoms with Crippen molar-refractivity contribution in [2.24, 2.45) is 5.73 Å². The number of benzene rings is 1. The SMILES string of the molecule is Cc1ccc(CCC(C)(N)CCN2Cc3cc(C)c(C)cc3C2=O)s1. The van der Waals surface area contributed by atoms with Gasteiger partial charge in [-0.3, -0.25) is 4.79 Å². The minimum absolute atomic E-state index is 0.155. The van der Waals surface area contributed by atoms with Crippen LogP contribution in [0.5, 0.6) is 0 Å². The number of fused-ring (bicyclic) bond motifs is 1. The van der Waals surface area contributed by atoms with E-state index in [1.54, 1.807) is 0 Å². The van der Waals surface area contributed by atoms with E-state index in [0.717, 1.165) is 43.5 Å². The van der Waals surface area contributed by atoms with Gasteiger partial charge in [0.25, 0.3) is 5.91 Å².